The van der Waals surface area contributed by atoms with Crippen molar-refractivity contribution in [2.24, 2.45) is 5.92 Å². The number of nitrogens with one attached hydrogen (secondary N) is 2. The summed E-state index contributed by atoms with van der Waals surface area (Å²) in [5, 5.41) is 7.15. The first-order chi connectivity index (χ1) is 10.1. The standard InChI is InChI=1S/C16H33N3OS/c1-5-13(6-2)15(19(3)4)11-18-16(20)12-21-14-7-9-17-10-8-14/h13-15,17H,5-12H2,1-4H3,(H,18,20). The van der Waals surface area contributed by atoms with E-state index in [0.717, 1.165) is 19.6 Å². The molecule has 0 aromatic heterocycles. The maximum Gasteiger partial charge on any atom is 0.230 e. The summed E-state index contributed by atoms with van der Waals surface area (Å²) >= 11 is 1.82. The minimum atomic E-state index is 0.191. The average Bonchev–Trinajstić information content (AvgIpc) is 2.50. The molecule has 1 amide bonds. The highest BCUT2D eigenvalue weighted by atomic mass is 32.2. The van der Waals surface area contributed by atoms with Crippen LogP contribution in [0.3, 0.4) is 0 Å². The molecule has 1 unspecified atom stereocenters. The summed E-state index contributed by atoms with van der Waals surface area (Å²) in [4.78, 5) is 14.3. The number of carbonyl (C=O) groups is 1. The van der Waals surface area contributed by atoms with Crippen molar-refractivity contribution in [1.29, 1.82) is 0 Å². The molecule has 0 saturated carbocycles. The molecule has 5 heteroatoms. The predicted octanol–water partition coefficient (Wildman–Crippen LogP) is 1.95. The number of rotatable bonds is 9. The fourth-order valence-electron chi connectivity index (χ4n) is 3.03. The van der Waals surface area contributed by atoms with E-state index in [1.54, 1.807) is 0 Å². The second-order valence-electron chi connectivity index (χ2n) is 6.17. The Morgan fingerprint density at radius 1 is 1.29 bits per heavy atom. The number of hydrogen-bond acceptors (Lipinski definition) is 4. The highest BCUT2D eigenvalue weighted by Gasteiger charge is 2.21. The van der Waals surface area contributed by atoms with Gasteiger partial charge in [-0.2, -0.15) is 0 Å². The molecule has 1 rings (SSSR count). The van der Waals surface area contributed by atoms with Gasteiger partial charge in [0.1, 0.15) is 0 Å². The normalized spacial score (nSPS) is 18.2. The first kappa shape index (κ1) is 18.8. The van der Waals surface area contributed by atoms with Gasteiger partial charge in [-0.15, -0.1) is 11.8 Å². The Hall–Kier alpha value is -0.260. The van der Waals surface area contributed by atoms with Crippen LogP contribution in [0.5, 0.6) is 0 Å². The molecule has 1 saturated heterocycles. The molecule has 1 atom stereocenters. The first-order valence-corrected chi connectivity index (χ1v) is 9.38. The largest absolute Gasteiger partial charge is 0.354 e. The third-order valence-corrected chi connectivity index (χ3v) is 5.87. The number of thioether (sulfide) groups is 1. The first-order valence-electron chi connectivity index (χ1n) is 8.33. The second-order valence-corrected chi connectivity index (χ2v) is 7.46. The number of nitrogens with zero attached hydrogens (tertiary/aromatic N) is 1. The number of amides is 1. The van der Waals surface area contributed by atoms with Crippen molar-refractivity contribution in [3.8, 4) is 0 Å². The van der Waals surface area contributed by atoms with Gasteiger partial charge in [0.25, 0.3) is 0 Å². The van der Waals surface area contributed by atoms with Gasteiger partial charge in [-0.3, -0.25) is 4.79 Å². The molecule has 1 aliphatic rings. The van der Waals surface area contributed by atoms with E-state index >= 15 is 0 Å². The Morgan fingerprint density at radius 3 is 2.43 bits per heavy atom. The molecule has 1 heterocycles. The molecule has 0 aromatic carbocycles. The molecular formula is C16H33N3OS. The van der Waals surface area contributed by atoms with Crippen molar-refractivity contribution in [3.05, 3.63) is 0 Å². The smallest absolute Gasteiger partial charge is 0.230 e. The lowest BCUT2D eigenvalue weighted by atomic mass is 9.93. The molecule has 0 bridgehead atoms. The summed E-state index contributed by atoms with van der Waals surface area (Å²) < 4.78 is 0. The molecule has 0 spiro atoms. The van der Waals surface area contributed by atoms with Crippen LogP contribution in [-0.4, -0.2) is 61.6 Å². The van der Waals surface area contributed by atoms with E-state index in [0.29, 0.717) is 23.0 Å². The molecule has 0 aliphatic carbocycles. The Labute approximate surface area is 134 Å². The van der Waals surface area contributed by atoms with Gasteiger partial charge in [-0.05, 0) is 45.9 Å². The summed E-state index contributed by atoms with van der Waals surface area (Å²) in [5.74, 6) is 1.45. The molecule has 21 heavy (non-hydrogen) atoms. The van der Waals surface area contributed by atoms with Gasteiger partial charge in [-0.1, -0.05) is 26.7 Å². The summed E-state index contributed by atoms with van der Waals surface area (Å²) in [5.41, 5.74) is 0. The molecule has 1 fully saturated rings. The molecule has 0 radical (unpaired) electrons. The monoisotopic (exact) mass is 315 g/mol. The van der Waals surface area contributed by atoms with E-state index in [4.69, 9.17) is 0 Å². The third-order valence-electron chi connectivity index (χ3n) is 4.50. The molecule has 0 aromatic rings. The predicted molar refractivity (Wildman–Crippen MR) is 92.9 cm³/mol. The Balaban J connectivity index is 2.28. The highest BCUT2D eigenvalue weighted by molar-refractivity contribution is 8.00. The van der Waals surface area contributed by atoms with Gasteiger partial charge in [0, 0.05) is 17.8 Å². The number of carbonyl (C=O) groups excluding carboxylic acids is 1. The minimum absolute atomic E-state index is 0.191. The van der Waals surface area contributed by atoms with Crippen LogP contribution in [0.4, 0.5) is 0 Å². The second kappa shape index (κ2) is 10.5. The fourth-order valence-corrected chi connectivity index (χ4v) is 4.09. The zero-order valence-electron chi connectivity index (χ0n) is 14.2. The maximum absolute atomic E-state index is 12.0. The fraction of sp³-hybridized carbons (Fsp3) is 0.938. The lowest BCUT2D eigenvalue weighted by molar-refractivity contribution is -0.118. The molecular weight excluding hydrogens is 282 g/mol. The number of likely N-dealkylation sites (N-methyl/N-ethyl adjacent to an activating group) is 1. The van der Waals surface area contributed by atoms with Gasteiger partial charge in [0.2, 0.25) is 5.91 Å². The maximum atomic E-state index is 12.0. The molecule has 1 aliphatic heterocycles. The van der Waals surface area contributed by atoms with Crippen LogP contribution in [0.2, 0.25) is 0 Å². The van der Waals surface area contributed by atoms with E-state index < -0.39 is 0 Å². The minimum Gasteiger partial charge on any atom is -0.354 e. The third kappa shape index (κ3) is 7.02. The molecule has 4 nitrogen and oxygen atoms in total. The van der Waals surface area contributed by atoms with Crippen molar-refractivity contribution in [3.63, 3.8) is 0 Å². The zero-order chi connectivity index (χ0) is 15.7. The van der Waals surface area contributed by atoms with Crippen molar-refractivity contribution >= 4 is 17.7 Å². The van der Waals surface area contributed by atoms with Crippen LogP contribution in [0.25, 0.3) is 0 Å². The van der Waals surface area contributed by atoms with E-state index in [2.05, 4.69) is 43.5 Å². The van der Waals surface area contributed by atoms with E-state index in [9.17, 15) is 4.79 Å². The average molecular weight is 316 g/mol. The Bertz CT molecular complexity index is 289. The van der Waals surface area contributed by atoms with Crippen molar-refractivity contribution in [1.82, 2.24) is 15.5 Å². The zero-order valence-corrected chi connectivity index (χ0v) is 15.0. The highest BCUT2D eigenvalue weighted by Crippen LogP contribution is 2.20. The van der Waals surface area contributed by atoms with Crippen molar-refractivity contribution < 1.29 is 4.79 Å². The van der Waals surface area contributed by atoms with Crippen LogP contribution in [-0.2, 0) is 4.79 Å². The van der Waals surface area contributed by atoms with Gasteiger partial charge in [0.05, 0.1) is 5.75 Å². The molecule has 2 N–H and O–H groups in total. The van der Waals surface area contributed by atoms with Gasteiger partial charge >= 0.3 is 0 Å². The van der Waals surface area contributed by atoms with Crippen LogP contribution < -0.4 is 10.6 Å². The van der Waals surface area contributed by atoms with Gasteiger partial charge < -0.3 is 15.5 Å². The summed E-state index contributed by atoms with van der Waals surface area (Å²) in [6.07, 6.45) is 4.70. The Kier molecular flexibility index (Phi) is 9.36. The Morgan fingerprint density at radius 2 is 1.90 bits per heavy atom. The summed E-state index contributed by atoms with van der Waals surface area (Å²) in [6, 6.07) is 0.438. The lowest BCUT2D eigenvalue weighted by Crippen LogP contribution is -2.45. The quantitative estimate of drug-likeness (QED) is 0.683. The van der Waals surface area contributed by atoms with Crippen LogP contribution >= 0.6 is 11.8 Å². The van der Waals surface area contributed by atoms with E-state index in [-0.39, 0.29) is 5.91 Å². The van der Waals surface area contributed by atoms with E-state index in [1.165, 1.54) is 25.7 Å². The SMILES string of the molecule is CCC(CC)C(CNC(=O)CSC1CCNCC1)N(C)C. The number of piperidine rings is 1. The summed E-state index contributed by atoms with van der Waals surface area (Å²) in [7, 11) is 4.22. The van der Waals surface area contributed by atoms with Crippen molar-refractivity contribution in [2.75, 3.05) is 39.5 Å². The van der Waals surface area contributed by atoms with Gasteiger partial charge in [-0.25, -0.2) is 0 Å². The lowest BCUT2D eigenvalue weighted by Gasteiger charge is -2.31. The molecule has 124 valence electrons. The van der Waals surface area contributed by atoms with Crippen LogP contribution in [0, 0.1) is 5.92 Å². The number of hydrogen-bond donors (Lipinski definition) is 2. The summed E-state index contributed by atoms with van der Waals surface area (Å²) in [6.45, 7) is 7.43. The van der Waals surface area contributed by atoms with Gasteiger partial charge in [0.15, 0.2) is 0 Å². The van der Waals surface area contributed by atoms with Crippen molar-refractivity contribution in [2.45, 2.75) is 50.8 Å². The topological polar surface area (TPSA) is 44.4 Å². The van der Waals surface area contributed by atoms with Crippen LogP contribution in [0.1, 0.15) is 39.5 Å². The van der Waals surface area contributed by atoms with Crippen LogP contribution in [0.15, 0.2) is 0 Å². The van der Waals surface area contributed by atoms with E-state index in [1.807, 2.05) is 11.8 Å².